The Labute approximate surface area is 161 Å². The largest absolute Gasteiger partial charge is 0.381 e. The first-order chi connectivity index (χ1) is 13.7. The normalized spacial score (nSPS) is 19.0. The molecule has 0 N–H and O–H groups in total. The Balaban J connectivity index is 1.81. The summed E-state index contributed by atoms with van der Waals surface area (Å²) in [5, 5.41) is 14.3. The van der Waals surface area contributed by atoms with Gasteiger partial charge in [0.25, 0.3) is 0 Å². The molecule has 0 aromatic carbocycles. The van der Waals surface area contributed by atoms with E-state index in [0.717, 1.165) is 16.3 Å². The zero-order chi connectivity index (χ0) is 19.5. The van der Waals surface area contributed by atoms with Crippen molar-refractivity contribution in [1.82, 2.24) is 9.97 Å². The third kappa shape index (κ3) is 3.61. The Hall–Kier alpha value is -2.83. The highest BCUT2D eigenvalue weighted by molar-refractivity contribution is 5.69. The molecular formula is C19H19F2N5O2. The lowest BCUT2D eigenvalue weighted by molar-refractivity contribution is -0.133. The number of hydrogen-bond acceptors (Lipinski definition) is 7. The Kier molecular flexibility index (Phi) is 5.32. The molecule has 0 radical (unpaired) electrons. The van der Waals surface area contributed by atoms with E-state index in [-0.39, 0.29) is 12.2 Å². The maximum Gasteiger partial charge on any atom is 0.142 e. The fraction of sp³-hybridized carbons (Fsp3) is 0.421. The van der Waals surface area contributed by atoms with E-state index < -0.39 is 6.17 Å². The van der Waals surface area contributed by atoms with Gasteiger partial charge in [0.2, 0.25) is 0 Å². The van der Waals surface area contributed by atoms with Gasteiger partial charge in [-0.1, -0.05) is 5.04 Å². The number of aromatic nitrogens is 2. The molecule has 9 heteroatoms. The molecule has 1 fully saturated rings. The molecule has 4 heterocycles. The second-order valence-corrected chi connectivity index (χ2v) is 6.74. The smallest absolute Gasteiger partial charge is 0.142 e. The average Bonchev–Trinajstić information content (AvgIpc) is 3.01. The van der Waals surface area contributed by atoms with E-state index >= 15 is 0 Å². The van der Waals surface area contributed by atoms with Crippen LogP contribution in [0.3, 0.4) is 0 Å². The van der Waals surface area contributed by atoms with Gasteiger partial charge in [0, 0.05) is 36.9 Å². The number of halogens is 2. The molecule has 2 aromatic rings. The molecule has 2 aliphatic rings. The van der Waals surface area contributed by atoms with Crippen molar-refractivity contribution < 1.29 is 18.7 Å². The molecule has 1 unspecified atom stereocenters. The number of hydrogen-bond donors (Lipinski definition) is 0. The van der Waals surface area contributed by atoms with Crippen molar-refractivity contribution in [2.24, 2.45) is 0 Å². The second-order valence-electron chi connectivity index (χ2n) is 6.74. The highest BCUT2D eigenvalue weighted by atomic mass is 19.3. The zero-order valence-corrected chi connectivity index (χ0v) is 15.1. The van der Waals surface area contributed by atoms with Crippen LogP contribution in [0.5, 0.6) is 0 Å². The van der Waals surface area contributed by atoms with Crippen molar-refractivity contribution in [1.29, 1.82) is 5.26 Å². The quantitative estimate of drug-likeness (QED) is 0.747. The average molecular weight is 387 g/mol. The number of fused-ring (bicyclic) bond motifs is 1. The Morgan fingerprint density at radius 2 is 2.18 bits per heavy atom. The van der Waals surface area contributed by atoms with Crippen molar-refractivity contribution in [2.75, 3.05) is 36.3 Å². The van der Waals surface area contributed by atoms with E-state index in [1.54, 1.807) is 12.1 Å². The minimum absolute atomic E-state index is 0.142. The first-order valence-corrected chi connectivity index (χ1v) is 9.14. The van der Waals surface area contributed by atoms with Gasteiger partial charge in [0.15, 0.2) is 0 Å². The summed E-state index contributed by atoms with van der Waals surface area (Å²) in [6.07, 6.45) is 2.07. The summed E-state index contributed by atoms with van der Waals surface area (Å²) in [7, 11) is 0. The van der Waals surface area contributed by atoms with Crippen molar-refractivity contribution >= 4 is 17.2 Å². The molecule has 2 aromatic heterocycles. The van der Waals surface area contributed by atoms with Crippen LogP contribution >= 0.6 is 0 Å². The maximum atomic E-state index is 13.7. The zero-order valence-electron chi connectivity index (χ0n) is 15.1. The van der Waals surface area contributed by atoms with E-state index in [9.17, 15) is 8.92 Å². The monoisotopic (exact) mass is 387 g/mol. The molecule has 4 rings (SSSR count). The van der Waals surface area contributed by atoms with Gasteiger partial charge < -0.3 is 9.64 Å². The predicted octanol–water partition coefficient (Wildman–Crippen LogP) is 2.97. The summed E-state index contributed by atoms with van der Waals surface area (Å²) in [5.41, 5.74) is 2.52. The molecule has 7 nitrogen and oxygen atoms in total. The van der Waals surface area contributed by atoms with Gasteiger partial charge in [-0.2, -0.15) is 10.3 Å². The molecule has 0 saturated carbocycles. The number of ether oxygens (including phenoxy) is 1. The summed E-state index contributed by atoms with van der Waals surface area (Å²) in [5.74, 6) is 0.576. The van der Waals surface area contributed by atoms with Crippen molar-refractivity contribution in [3.05, 3.63) is 41.3 Å². The van der Waals surface area contributed by atoms with E-state index in [0.29, 0.717) is 56.2 Å². The van der Waals surface area contributed by atoms with Crippen molar-refractivity contribution in [2.45, 2.75) is 25.4 Å². The minimum atomic E-state index is -0.903. The number of alkyl halides is 1. The molecule has 28 heavy (non-hydrogen) atoms. The van der Waals surface area contributed by atoms with E-state index in [1.807, 2.05) is 11.0 Å². The highest BCUT2D eigenvalue weighted by Gasteiger charge is 2.27. The van der Waals surface area contributed by atoms with Crippen LogP contribution < -0.4 is 9.96 Å². The van der Waals surface area contributed by atoms with Gasteiger partial charge in [-0.25, -0.2) is 14.4 Å². The highest BCUT2D eigenvalue weighted by Crippen LogP contribution is 2.36. The lowest BCUT2D eigenvalue weighted by Crippen LogP contribution is -2.24. The standard InChI is InChI=1S/C19H19F2N5O2/c20-13-2-6-25(12-13)19-10-18(16-3-7-27-8-4-17(16)24-19)26(28-21)15-1-5-23-14(9-15)11-22/h1,5,9-10,13H,2-4,6-8,12H2. The number of nitriles is 1. The third-order valence-corrected chi connectivity index (χ3v) is 4.99. The van der Waals surface area contributed by atoms with Crippen LogP contribution in [0.25, 0.3) is 0 Å². The lowest BCUT2D eigenvalue weighted by Gasteiger charge is -2.25. The van der Waals surface area contributed by atoms with E-state index in [2.05, 4.69) is 10.0 Å². The summed E-state index contributed by atoms with van der Waals surface area (Å²) < 4.78 is 33.0. The number of nitrogens with zero attached hydrogens (tertiary/aromatic N) is 5. The van der Waals surface area contributed by atoms with Gasteiger partial charge in [-0.05, 0) is 23.4 Å². The van der Waals surface area contributed by atoms with Crippen LogP contribution in [-0.2, 0) is 22.6 Å². The lowest BCUT2D eigenvalue weighted by atomic mass is 10.1. The van der Waals surface area contributed by atoms with Crippen LogP contribution in [0.1, 0.15) is 23.4 Å². The van der Waals surface area contributed by atoms with Gasteiger partial charge in [0.05, 0.1) is 36.8 Å². The third-order valence-electron chi connectivity index (χ3n) is 4.99. The summed E-state index contributed by atoms with van der Waals surface area (Å²) in [6.45, 7) is 1.80. The maximum absolute atomic E-state index is 13.7. The molecule has 2 aliphatic heterocycles. The topological polar surface area (TPSA) is 74.5 Å². The Bertz CT molecular complexity index is 904. The van der Waals surface area contributed by atoms with Gasteiger partial charge in [0.1, 0.15) is 23.8 Å². The first-order valence-electron chi connectivity index (χ1n) is 9.14. The Morgan fingerprint density at radius 3 is 2.93 bits per heavy atom. The van der Waals surface area contributed by atoms with Crippen molar-refractivity contribution in [3.63, 3.8) is 0 Å². The summed E-state index contributed by atoms with van der Waals surface area (Å²) in [6, 6.07) is 6.62. The van der Waals surface area contributed by atoms with Gasteiger partial charge in [-0.15, -0.1) is 0 Å². The predicted molar refractivity (Wildman–Crippen MR) is 97.5 cm³/mol. The minimum Gasteiger partial charge on any atom is -0.381 e. The van der Waals surface area contributed by atoms with Gasteiger partial charge in [-0.3, -0.25) is 0 Å². The molecule has 1 saturated heterocycles. The fourth-order valence-corrected chi connectivity index (χ4v) is 3.61. The van der Waals surface area contributed by atoms with Crippen LogP contribution in [0.2, 0.25) is 0 Å². The molecule has 0 amide bonds. The molecule has 0 aliphatic carbocycles. The summed E-state index contributed by atoms with van der Waals surface area (Å²) in [4.78, 5) is 10.5. The SMILES string of the molecule is N#Cc1cc(N(OF)c2cc(N3CCC(F)C3)nc3c2CCOCC3)ccn1. The first kappa shape index (κ1) is 18.5. The fourth-order valence-electron chi connectivity index (χ4n) is 3.61. The van der Waals surface area contributed by atoms with Crippen LogP contribution in [0, 0.1) is 11.3 Å². The van der Waals surface area contributed by atoms with Crippen LogP contribution in [0.4, 0.5) is 26.1 Å². The number of rotatable bonds is 4. The number of pyridine rings is 2. The second kappa shape index (κ2) is 8.04. The summed E-state index contributed by atoms with van der Waals surface area (Å²) >= 11 is 0. The van der Waals surface area contributed by atoms with Crippen LogP contribution in [0.15, 0.2) is 24.4 Å². The molecule has 1 atom stereocenters. The Morgan fingerprint density at radius 1 is 1.32 bits per heavy atom. The number of anilines is 3. The molecule has 146 valence electrons. The van der Waals surface area contributed by atoms with Gasteiger partial charge >= 0.3 is 0 Å². The van der Waals surface area contributed by atoms with E-state index in [1.165, 1.54) is 12.3 Å². The molecular weight excluding hydrogens is 368 g/mol. The van der Waals surface area contributed by atoms with Crippen LogP contribution in [-0.4, -0.2) is 42.4 Å². The molecule has 0 spiro atoms. The van der Waals surface area contributed by atoms with Crippen molar-refractivity contribution in [3.8, 4) is 6.07 Å². The molecule has 0 bridgehead atoms. The van der Waals surface area contributed by atoms with E-state index in [4.69, 9.17) is 15.0 Å².